The Bertz CT molecular complexity index is 977. The van der Waals surface area contributed by atoms with Crippen LogP contribution in [0.1, 0.15) is 34.7 Å². The number of rotatable bonds is 3. The smallest absolute Gasteiger partial charge is 0.253 e. The Morgan fingerprint density at radius 3 is 2.85 bits per heavy atom. The molecule has 4 rings (SSSR count). The Morgan fingerprint density at radius 2 is 2.12 bits per heavy atom. The molecule has 1 aliphatic heterocycles. The number of hydrogen-bond acceptors (Lipinski definition) is 5. The summed E-state index contributed by atoms with van der Waals surface area (Å²) < 4.78 is 6.76. The third-order valence-electron chi connectivity index (χ3n) is 4.70. The van der Waals surface area contributed by atoms with E-state index in [0.29, 0.717) is 18.7 Å². The second kappa shape index (κ2) is 6.57. The highest BCUT2D eigenvalue weighted by Crippen LogP contribution is 2.30. The van der Waals surface area contributed by atoms with E-state index in [4.69, 9.17) is 4.42 Å². The van der Waals surface area contributed by atoms with Crippen LogP contribution in [0.2, 0.25) is 0 Å². The number of thiazole rings is 1. The van der Waals surface area contributed by atoms with Crippen molar-refractivity contribution in [1.29, 1.82) is 0 Å². The maximum Gasteiger partial charge on any atom is 0.253 e. The monoisotopic (exact) mass is 369 g/mol. The molecule has 1 aliphatic rings. The van der Waals surface area contributed by atoms with Gasteiger partial charge in [-0.15, -0.1) is 11.3 Å². The molecule has 1 N–H and O–H groups in total. The number of furan rings is 1. The number of aromatic nitrogens is 1. The molecule has 1 aromatic carbocycles. The lowest BCUT2D eigenvalue weighted by Gasteiger charge is -2.17. The van der Waals surface area contributed by atoms with Crippen LogP contribution in [0.25, 0.3) is 10.2 Å². The van der Waals surface area contributed by atoms with Gasteiger partial charge in [0.2, 0.25) is 5.91 Å². The first-order valence-electron chi connectivity index (χ1n) is 8.47. The summed E-state index contributed by atoms with van der Waals surface area (Å²) in [6, 6.07) is 9.23. The fourth-order valence-electron chi connectivity index (χ4n) is 3.49. The second-order valence-electron chi connectivity index (χ2n) is 6.61. The molecule has 2 amide bonds. The molecular formula is C19H19N3O3S. The number of nitrogens with one attached hydrogen (secondary N) is 1. The van der Waals surface area contributed by atoms with Crippen LogP contribution < -0.4 is 5.32 Å². The molecule has 3 heterocycles. The lowest BCUT2D eigenvalue weighted by molar-refractivity contribution is -0.119. The highest BCUT2D eigenvalue weighted by Gasteiger charge is 2.38. The lowest BCUT2D eigenvalue weighted by atomic mass is 10.0. The lowest BCUT2D eigenvalue weighted by Crippen LogP contribution is -2.39. The molecule has 2 aromatic heterocycles. The number of benzene rings is 1. The molecule has 0 unspecified atom stereocenters. The molecule has 0 spiro atoms. The molecule has 7 heteroatoms. The maximum absolute atomic E-state index is 13.0. The summed E-state index contributed by atoms with van der Waals surface area (Å²) in [5.41, 5.74) is 3.31. The van der Waals surface area contributed by atoms with Gasteiger partial charge >= 0.3 is 0 Å². The fraction of sp³-hybridized carbons (Fsp3) is 0.316. The van der Waals surface area contributed by atoms with E-state index in [2.05, 4.69) is 10.3 Å². The van der Waals surface area contributed by atoms with Gasteiger partial charge in [0.05, 0.1) is 27.7 Å². The molecule has 1 saturated heterocycles. The second-order valence-corrected chi connectivity index (χ2v) is 7.49. The van der Waals surface area contributed by atoms with Gasteiger partial charge in [-0.1, -0.05) is 0 Å². The molecule has 3 aromatic rings. The minimum absolute atomic E-state index is 0.0403. The highest BCUT2D eigenvalue weighted by molar-refractivity contribution is 7.16. The van der Waals surface area contributed by atoms with Crippen molar-refractivity contribution in [3.63, 3.8) is 0 Å². The van der Waals surface area contributed by atoms with E-state index >= 15 is 0 Å². The summed E-state index contributed by atoms with van der Waals surface area (Å²) in [6.45, 7) is 4.35. The van der Waals surface area contributed by atoms with Gasteiger partial charge in [-0.25, -0.2) is 4.98 Å². The first-order valence-corrected chi connectivity index (χ1v) is 9.35. The number of carbonyl (C=O) groups is 2. The summed E-state index contributed by atoms with van der Waals surface area (Å²) in [6.07, 6.45) is 0. The summed E-state index contributed by atoms with van der Waals surface area (Å²) in [5, 5.41) is 2.96. The average Bonchev–Trinajstić information content (AvgIpc) is 3.32. The Morgan fingerprint density at radius 1 is 1.27 bits per heavy atom. The van der Waals surface area contributed by atoms with Crippen molar-refractivity contribution < 1.29 is 14.0 Å². The minimum atomic E-state index is -0.158. The quantitative estimate of drug-likeness (QED) is 0.770. The molecule has 2 atom stereocenters. The number of likely N-dealkylation sites (tertiary alicyclic amines) is 1. The van der Waals surface area contributed by atoms with Gasteiger partial charge in [0.25, 0.3) is 5.91 Å². The molecule has 134 valence electrons. The summed E-state index contributed by atoms with van der Waals surface area (Å²) in [4.78, 5) is 30.6. The molecule has 26 heavy (non-hydrogen) atoms. The number of hydrogen-bond donors (Lipinski definition) is 1. The number of nitrogens with zero attached hydrogens (tertiary/aromatic N) is 2. The molecule has 0 aliphatic carbocycles. The summed E-state index contributed by atoms with van der Waals surface area (Å²) >= 11 is 1.52. The number of aryl methyl sites for hydroxylation is 1. The normalized spacial score (nSPS) is 19.8. The van der Waals surface area contributed by atoms with Crippen molar-refractivity contribution in [2.45, 2.75) is 25.8 Å². The van der Waals surface area contributed by atoms with Crippen molar-refractivity contribution in [2.24, 2.45) is 0 Å². The Labute approximate surface area is 154 Å². The van der Waals surface area contributed by atoms with Crippen molar-refractivity contribution in [3.05, 3.63) is 52.9 Å². The number of amides is 2. The van der Waals surface area contributed by atoms with Crippen LogP contribution in [0.3, 0.4) is 0 Å². The highest BCUT2D eigenvalue weighted by atomic mass is 32.1. The van der Waals surface area contributed by atoms with E-state index in [1.54, 1.807) is 10.4 Å². The van der Waals surface area contributed by atoms with E-state index in [-0.39, 0.29) is 23.8 Å². The van der Waals surface area contributed by atoms with Gasteiger partial charge in [0.15, 0.2) is 0 Å². The largest absolute Gasteiger partial charge is 0.466 e. The van der Waals surface area contributed by atoms with Gasteiger partial charge < -0.3 is 14.6 Å². The van der Waals surface area contributed by atoms with Crippen LogP contribution in [-0.2, 0) is 4.79 Å². The van der Waals surface area contributed by atoms with Crippen LogP contribution >= 0.6 is 11.3 Å². The first kappa shape index (κ1) is 16.8. The van der Waals surface area contributed by atoms with Gasteiger partial charge in [-0.05, 0) is 37.3 Å². The summed E-state index contributed by atoms with van der Waals surface area (Å²) in [5.74, 6) is 1.42. The molecule has 0 bridgehead atoms. The van der Waals surface area contributed by atoms with Crippen LogP contribution in [0.5, 0.6) is 0 Å². The Balaban J connectivity index is 1.59. The molecular weight excluding hydrogens is 350 g/mol. The fourth-order valence-corrected chi connectivity index (χ4v) is 4.21. The zero-order valence-electron chi connectivity index (χ0n) is 14.6. The first-order chi connectivity index (χ1) is 12.5. The predicted molar refractivity (Wildman–Crippen MR) is 99.3 cm³/mol. The number of fused-ring (bicyclic) bond motifs is 1. The van der Waals surface area contributed by atoms with Crippen molar-refractivity contribution in [1.82, 2.24) is 15.2 Å². The van der Waals surface area contributed by atoms with Crippen LogP contribution in [0.4, 0.5) is 0 Å². The third kappa shape index (κ3) is 3.10. The van der Waals surface area contributed by atoms with E-state index < -0.39 is 0 Å². The topological polar surface area (TPSA) is 75.4 Å². The maximum atomic E-state index is 13.0. The van der Waals surface area contributed by atoms with Crippen molar-refractivity contribution in [3.8, 4) is 0 Å². The van der Waals surface area contributed by atoms with E-state index in [9.17, 15) is 9.59 Å². The standard InChI is InChI=1S/C19H19N3O3S/c1-11-3-6-17(25-11)14-8-22(9-16(14)21-12(2)23)19(24)13-4-5-15-18(7-13)26-10-20-15/h3-7,10,14,16H,8-9H2,1-2H3,(H,21,23)/t14-,16-/m1/s1. The Hall–Kier alpha value is -2.67. The zero-order valence-corrected chi connectivity index (χ0v) is 15.4. The molecule has 0 radical (unpaired) electrons. The van der Waals surface area contributed by atoms with Gasteiger partial charge in [-0.2, -0.15) is 0 Å². The van der Waals surface area contributed by atoms with E-state index in [1.807, 2.05) is 37.3 Å². The number of carbonyl (C=O) groups excluding carboxylic acids is 2. The van der Waals surface area contributed by atoms with Gasteiger partial charge in [-0.3, -0.25) is 9.59 Å². The summed E-state index contributed by atoms with van der Waals surface area (Å²) in [7, 11) is 0. The molecule has 1 fully saturated rings. The van der Waals surface area contributed by atoms with Gasteiger partial charge in [0, 0.05) is 25.6 Å². The van der Waals surface area contributed by atoms with Crippen LogP contribution in [0, 0.1) is 6.92 Å². The van der Waals surface area contributed by atoms with Crippen molar-refractivity contribution >= 4 is 33.4 Å². The third-order valence-corrected chi connectivity index (χ3v) is 5.49. The predicted octanol–water partition coefficient (Wildman–Crippen LogP) is 2.94. The van der Waals surface area contributed by atoms with Crippen LogP contribution in [-0.4, -0.2) is 40.8 Å². The molecule has 6 nitrogen and oxygen atoms in total. The molecule has 0 saturated carbocycles. The van der Waals surface area contributed by atoms with E-state index in [1.165, 1.54) is 18.3 Å². The van der Waals surface area contributed by atoms with E-state index in [0.717, 1.165) is 21.7 Å². The SMILES string of the molecule is CC(=O)N[C@@H]1CN(C(=O)c2ccc3ncsc3c2)C[C@H]1c1ccc(C)o1. The minimum Gasteiger partial charge on any atom is -0.466 e. The zero-order chi connectivity index (χ0) is 18.3. The van der Waals surface area contributed by atoms with Crippen LogP contribution in [0.15, 0.2) is 40.3 Å². The van der Waals surface area contributed by atoms with Crippen molar-refractivity contribution in [2.75, 3.05) is 13.1 Å². The van der Waals surface area contributed by atoms with Gasteiger partial charge in [0.1, 0.15) is 11.5 Å². The Kier molecular flexibility index (Phi) is 4.24. The average molecular weight is 369 g/mol.